The van der Waals surface area contributed by atoms with Crippen molar-refractivity contribution in [3.05, 3.63) is 52.3 Å². The number of thiazole rings is 1. The average molecular weight is 314 g/mol. The molecule has 6 nitrogen and oxygen atoms in total. The lowest BCUT2D eigenvalue weighted by molar-refractivity contribution is 0.205. The van der Waals surface area contributed by atoms with E-state index in [9.17, 15) is 0 Å². The highest BCUT2D eigenvalue weighted by atomic mass is 32.1. The Labute approximate surface area is 133 Å². The van der Waals surface area contributed by atoms with Crippen molar-refractivity contribution in [2.75, 3.05) is 6.54 Å². The fourth-order valence-corrected chi connectivity index (χ4v) is 3.51. The summed E-state index contributed by atoms with van der Waals surface area (Å²) in [5.41, 5.74) is 2.39. The Morgan fingerprint density at radius 2 is 2.23 bits per heavy atom. The first-order valence-electron chi connectivity index (χ1n) is 7.42. The lowest BCUT2D eigenvalue weighted by Crippen LogP contribution is -2.34. The number of aromatic nitrogens is 5. The van der Waals surface area contributed by atoms with Crippen molar-refractivity contribution >= 4 is 11.3 Å². The fourth-order valence-electron chi connectivity index (χ4n) is 2.90. The van der Waals surface area contributed by atoms with E-state index in [1.54, 1.807) is 11.3 Å². The van der Waals surface area contributed by atoms with E-state index in [4.69, 9.17) is 0 Å². The van der Waals surface area contributed by atoms with Gasteiger partial charge in [0.2, 0.25) is 0 Å². The number of fused-ring (bicyclic) bond motifs is 1. The Bertz CT molecular complexity index is 757. The molecular formula is C15H18N6S. The molecule has 0 N–H and O–H groups in total. The molecule has 0 bridgehead atoms. The summed E-state index contributed by atoms with van der Waals surface area (Å²) < 4.78 is 4.26. The molecule has 0 radical (unpaired) electrons. The van der Waals surface area contributed by atoms with Gasteiger partial charge in [-0.2, -0.15) is 5.10 Å². The predicted octanol–water partition coefficient (Wildman–Crippen LogP) is 1.91. The highest BCUT2D eigenvalue weighted by Gasteiger charge is 2.20. The number of nitrogens with zero attached hydrogens (tertiary/aromatic N) is 6. The van der Waals surface area contributed by atoms with Crippen LogP contribution in [0.1, 0.15) is 22.2 Å². The van der Waals surface area contributed by atoms with E-state index in [1.165, 1.54) is 11.4 Å². The monoisotopic (exact) mass is 314 g/mol. The lowest BCUT2D eigenvalue weighted by Gasteiger charge is -2.27. The van der Waals surface area contributed by atoms with Gasteiger partial charge in [0.15, 0.2) is 0 Å². The molecule has 0 amide bonds. The second kappa shape index (κ2) is 5.66. The minimum Gasteiger partial charge on any atom is -0.328 e. The summed E-state index contributed by atoms with van der Waals surface area (Å²) in [6.45, 7) is 6.65. The molecule has 4 heterocycles. The molecule has 3 aromatic heterocycles. The van der Waals surface area contributed by atoms with Crippen molar-refractivity contribution in [2.45, 2.75) is 33.1 Å². The topological polar surface area (TPSA) is 51.8 Å². The first-order valence-corrected chi connectivity index (χ1v) is 8.30. The maximum atomic E-state index is 4.60. The van der Waals surface area contributed by atoms with E-state index in [2.05, 4.69) is 36.8 Å². The zero-order chi connectivity index (χ0) is 14.9. The van der Waals surface area contributed by atoms with Crippen LogP contribution in [0.25, 0.3) is 0 Å². The molecule has 0 unspecified atom stereocenters. The zero-order valence-corrected chi connectivity index (χ0v) is 13.3. The van der Waals surface area contributed by atoms with Crippen LogP contribution in [0.5, 0.6) is 0 Å². The van der Waals surface area contributed by atoms with E-state index in [0.717, 1.165) is 43.6 Å². The van der Waals surface area contributed by atoms with Crippen molar-refractivity contribution < 1.29 is 0 Å². The molecule has 0 aromatic carbocycles. The molecule has 4 rings (SSSR count). The standard InChI is InChI=1S/C15H18N6S/c1-12-18-13(11-22-12)8-19-5-6-21-14(7-16-15(21)10-19)9-20-4-2-3-17-20/h2-4,7,11H,5-6,8-10H2,1H3. The van der Waals surface area contributed by atoms with E-state index in [-0.39, 0.29) is 0 Å². The van der Waals surface area contributed by atoms with Crippen LogP contribution >= 0.6 is 11.3 Å². The highest BCUT2D eigenvalue weighted by Crippen LogP contribution is 2.18. The van der Waals surface area contributed by atoms with Crippen molar-refractivity contribution in [1.29, 1.82) is 0 Å². The third-order valence-electron chi connectivity index (χ3n) is 3.96. The summed E-state index contributed by atoms with van der Waals surface area (Å²) in [6.07, 6.45) is 5.78. The van der Waals surface area contributed by atoms with Crippen LogP contribution in [-0.4, -0.2) is 35.8 Å². The molecule has 114 valence electrons. The minimum atomic E-state index is 0.783. The zero-order valence-electron chi connectivity index (χ0n) is 12.5. The second-order valence-corrected chi connectivity index (χ2v) is 6.65. The summed E-state index contributed by atoms with van der Waals surface area (Å²) in [5, 5.41) is 7.56. The Hall–Kier alpha value is -1.99. The van der Waals surface area contributed by atoms with Gasteiger partial charge in [0.05, 0.1) is 35.7 Å². The molecule has 0 fully saturated rings. The minimum absolute atomic E-state index is 0.783. The lowest BCUT2D eigenvalue weighted by atomic mass is 10.3. The molecular weight excluding hydrogens is 296 g/mol. The maximum absolute atomic E-state index is 4.60. The van der Waals surface area contributed by atoms with Gasteiger partial charge < -0.3 is 4.57 Å². The fraction of sp³-hybridized carbons (Fsp3) is 0.400. The van der Waals surface area contributed by atoms with Crippen LogP contribution in [-0.2, 0) is 26.2 Å². The van der Waals surface area contributed by atoms with E-state index >= 15 is 0 Å². The summed E-state index contributed by atoms with van der Waals surface area (Å²) in [7, 11) is 0. The van der Waals surface area contributed by atoms with Gasteiger partial charge in [-0.15, -0.1) is 11.3 Å². The van der Waals surface area contributed by atoms with Crippen LogP contribution in [0, 0.1) is 6.92 Å². The van der Waals surface area contributed by atoms with Gasteiger partial charge in [-0.3, -0.25) is 9.58 Å². The van der Waals surface area contributed by atoms with Gasteiger partial charge >= 0.3 is 0 Å². The smallest absolute Gasteiger partial charge is 0.123 e. The molecule has 3 aromatic rings. The van der Waals surface area contributed by atoms with Crippen LogP contribution in [0.2, 0.25) is 0 Å². The summed E-state index contributed by atoms with van der Waals surface area (Å²) in [4.78, 5) is 11.6. The van der Waals surface area contributed by atoms with E-state index < -0.39 is 0 Å². The first-order chi connectivity index (χ1) is 10.8. The average Bonchev–Trinajstić information content (AvgIpc) is 3.23. The largest absolute Gasteiger partial charge is 0.328 e. The first kappa shape index (κ1) is 13.7. The van der Waals surface area contributed by atoms with Gasteiger partial charge in [0, 0.05) is 37.4 Å². The van der Waals surface area contributed by atoms with Crippen LogP contribution in [0.15, 0.2) is 30.0 Å². The van der Waals surface area contributed by atoms with Crippen molar-refractivity contribution in [1.82, 2.24) is 29.2 Å². The Morgan fingerprint density at radius 1 is 1.27 bits per heavy atom. The van der Waals surface area contributed by atoms with Gasteiger partial charge in [-0.25, -0.2) is 9.97 Å². The highest BCUT2D eigenvalue weighted by molar-refractivity contribution is 7.09. The summed E-state index contributed by atoms with van der Waals surface area (Å²) in [6, 6.07) is 1.95. The summed E-state index contributed by atoms with van der Waals surface area (Å²) in [5.74, 6) is 1.14. The number of aryl methyl sites for hydroxylation is 1. The molecule has 0 aliphatic carbocycles. The van der Waals surface area contributed by atoms with Crippen molar-refractivity contribution in [3.8, 4) is 0 Å². The predicted molar refractivity (Wildman–Crippen MR) is 84.5 cm³/mol. The van der Waals surface area contributed by atoms with Crippen LogP contribution in [0.3, 0.4) is 0 Å². The normalized spacial score (nSPS) is 15.1. The van der Waals surface area contributed by atoms with Crippen LogP contribution < -0.4 is 0 Å². The number of rotatable bonds is 4. The number of hydrogen-bond donors (Lipinski definition) is 0. The molecule has 22 heavy (non-hydrogen) atoms. The van der Waals surface area contributed by atoms with E-state index in [1.807, 2.05) is 29.3 Å². The Morgan fingerprint density at radius 3 is 3.00 bits per heavy atom. The van der Waals surface area contributed by atoms with Crippen molar-refractivity contribution in [3.63, 3.8) is 0 Å². The maximum Gasteiger partial charge on any atom is 0.123 e. The number of hydrogen-bond acceptors (Lipinski definition) is 5. The third kappa shape index (κ3) is 2.69. The van der Waals surface area contributed by atoms with Gasteiger partial charge in [0.25, 0.3) is 0 Å². The molecule has 0 saturated heterocycles. The summed E-state index contributed by atoms with van der Waals surface area (Å²) >= 11 is 1.72. The van der Waals surface area contributed by atoms with Gasteiger partial charge in [-0.1, -0.05) is 0 Å². The Balaban J connectivity index is 1.46. The molecule has 0 spiro atoms. The molecule has 1 aliphatic heterocycles. The number of imidazole rings is 1. The van der Waals surface area contributed by atoms with Crippen molar-refractivity contribution in [2.24, 2.45) is 0 Å². The molecule has 1 aliphatic rings. The third-order valence-corrected chi connectivity index (χ3v) is 4.78. The Kier molecular flexibility index (Phi) is 3.51. The van der Waals surface area contributed by atoms with E-state index in [0.29, 0.717) is 0 Å². The molecule has 7 heteroatoms. The van der Waals surface area contributed by atoms with Crippen LogP contribution in [0.4, 0.5) is 0 Å². The molecule has 0 saturated carbocycles. The second-order valence-electron chi connectivity index (χ2n) is 5.59. The molecule has 0 atom stereocenters. The van der Waals surface area contributed by atoms with Gasteiger partial charge in [-0.05, 0) is 13.0 Å². The van der Waals surface area contributed by atoms with Gasteiger partial charge in [0.1, 0.15) is 5.82 Å². The SMILES string of the molecule is Cc1nc(CN2CCn3c(Cn4cccn4)cnc3C2)cs1. The quantitative estimate of drug-likeness (QED) is 0.738.